The van der Waals surface area contributed by atoms with E-state index in [-0.39, 0.29) is 0 Å². The van der Waals surface area contributed by atoms with Crippen molar-refractivity contribution >= 4 is 50.5 Å². The van der Waals surface area contributed by atoms with Crippen LogP contribution in [0.4, 0.5) is 0 Å². The third-order valence-corrected chi connectivity index (χ3v) is 3.53. The first-order valence-corrected chi connectivity index (χ1v) is 7.49. The third kappa shape index (κ3) is 4.84. The van der Waals surface area contributed by atoms with Crippen LogP contribution in [0.25, 0.3) is 6.08 Å². The van der Waals surface area contributed by atoms with Crippen LogP contribution < -0.4 is 4.74 Å². The Morgan fingerprint density at radius 2 is 2.24 bits per heavy atom. The molecule has 0 radical (unpaired) electrons. The predicted molar refractivity (Wildman–Crippen MR) is 87.6 cm³/mol. The lowest BCUT2D eigenvalue weighted by Gasteiger charge is -2.11. The standard InChI is InChI=1S/C15H10BrCl2NO2/c16-12-6-10(3-4-14(18)20)7-13(17)15(12)21-9-11-2-1-5-19-8-11/h1-8H,9H2/b4-3+. The van der Waals surface area contributed by atoms with Gasteiger partial charge in [-0.2, -0.15) is 0 Å². The van der Waals surface area contributed by atoms with Crippen molar-refractivity contribution in [2.45, 2.75) is 6.61 Å². The number of halogens is 3. The lowest BCUT2D eigenvalue weighted by atomic mass is 10.2. The Hall–Kier alpha value is -1.36. The average molecular weight is 387 g/mol. The Balaban J connectivity index is 2.15. The van der Waals surface area contributed by atoms with E-state index in [1.807, 2.05) is 12.1 Å². The fraction of sp³-hybridized carbons (Fsp3) is 0.0667. The van der Waals surface area contributed by atoms with Gasteiger partial charge < -0.3 is 4.74 Å². The van der Waals surface area contributed by atoms with Gasteiger partial charge in [0.25, 0.3) is 0 Å². The molecule has 6 heteroatoms. The first-order valence-electron chi connectivity index (χ1n) is 5.94. The summed E-state index contributed by atoms with van der Waals surface area (Å²) < 4.78 is 6.39. The highest BCUT2D eigenvalue weighted by molar-refractivity contribution is 9.10. The minimum absolute atomic E-state index is 0.363. The van der Waals surface area contributed by atoms with Gasteiger partial charge >= 0.3 is 0 Å². The van der Waals surface area contributed by atoms with Crippen LogP contribution in [0, 0.1) is 0 Å². The molecule has 1 aromatic heterocycles. The molecule has 1 aromatic carbocycles. The van der Waals surface area contributed by atoms with Crippen LogP contribution in [0.3, 0.4) is 0 Å². The van der Waals surface area contributed by atoms with E-state index in [1.54, 1.807) is 30.6 Å². The second-order valence-electron chi connectivity index (χ2n) is 4.10. The number of pyridine rings is 1. The average Bonchev–Trinajstić information content (AvgIpc) is 2.45. The number of aromatic nitrogens is 1. The van der Waals surface area contributed by atoms with Gasteiger partial charge in [-0.05, 0) is 57.4 Å². The summed E-state index contributed by atoms with van der Waals surface area (Å²) in [6.07, 6.45) is 6.27. The maximum atomic E-state index is 10.7. The molecule has 0 aliphatic carbocycles. The van der Waals surface area contributed by atoms with Crippen molar-refractivity contribution in [3.8, 4) is 5.75 Å². The van der Waals surface area contributed by atoms with Gasteiger partial charge in [0.2, 0.25) is 5.24 Å². The van der Waals surface area contributed by atoms with Gasteiger partial charge in [-0.15, -0.1) is 0 Å². The first kappa shape index (κ1) is 16.0. The molecule has 0 bridgehead atoms. The summed E-state index contributed by atoms with van der Waals surface area (Å²) in [5, 5.41) is -0.103. The highest BCUT2D eigenvalue weighted by atomic mass is 79.9. The number of rotatable bonds is 5. The Kier molecular flexibility index (Phi) is 5.79. The van der Waals surface area contributed by atoms with Gasteiger partial charge in [0.15, 0.2) is 5.75 Å². The second-order valence-corrected chi connectivity index (χ2v) is 5.74. The maximum Gasteiger partial charge on any atom is 0.245 e. The fourth-order valence-corrected chi connectivity index (χ4v) is 2.67. The van der Waals surface area contributed by atoms with E-state index in [4.69, 9.17) is 27.9 Å². The molecule has 0 amide bonds. The van der Waals surface area contributed by atoms with Crippen LogP contribution in [0.15, 0.2) is 47.2 Å². The van der Waals surface area contributed by atoms with Crippen molar-refractivity contribution in [1.82, 2.24) is 4.98 Å². The van der Waals surface area contributed by atoms with Crippen molar-refractivity contribution in [1.29, 1.82) is 0 Å². The van der Waals surface area contributed by atoms with Crippen molar-refractivity contribution in [3.05, 3.63) is 63.4 Å². The molecule has 108 valence electrons. The Morgan fingerprint density at radius 3 is 2.86 bits per heavy atom. The second kappa shape index (κ2) is 7.59. The molecule has 0 atom stereocenters. The van der Waals surface area contributed by atoms with Crippen molar-refractivity contribution in [2.24, 2.45) is 0 Å². The zero-order valence-electron chi connectivity index (χ0n) is 10.7. The number of ether oxygens (including phenoxy) is 1. The molecule has 3 nitrogen and oxygen atoms in total. The molecule has 21 heavy (non-hydrogen) atoms. The largest absolute Gasteiger partial charge is 0.486 e. The first-order chi connectivity index (χ1) is 10.1. The smallest absolute Gasteiger partial charge is 0.245 e. The molecule has 0 aliphatic heterocycles. The molecule has 0 spiro atoms. The molecule has 2 aromatic rings. The summed E-state index contributed by atoms with van der Waals surface area (Å²) in [6.45, 7) is 0.363. The van der Waals surface area contributed by atoms with Crippen LogP contribution in [0.2, 0.25) is 5.02 Å². The highest BCUT2D eigenvalue weighted by Crippen LogP contribution is 2.35. The molecular formula is C15H10BrCl2NO2. The van der Waals surface area contributed by atoms with E-state index in [0.29, 0.717) is 21.9 Å². The summed E-state index contributed by atoms with van der Waals surface area (Å²) in [6, 6.07) is 7.24. The molecule has 0 aliphatic rings. The van der Waals surface area contributed by atoms with E-state index < -0.39 is 5.24 Å². The topological polar surface area (TPSA) is 39.2 Å². The van der Waals surface area contributed by atoms with Gasteiger partial charge in [0, 0.05) is 18.0 Å². The molecule has 1 heterocycles. The van der Waals surface area contributed by atoms with E-state index in [1.165, 1.54) is 6.08 Å². The lowest BCUT2D eigenvalue weighted by molar-refractivity contribution is -0.107. The van der Waals surface area contributed by atoms with Crippen molar-refractivity contribution in [2.75, 3.05) is 0 Å². The van der Waals surface area contributed by atoms with E-state index in [0.717, 1.165) is 11.1 Å². The van der Waals surface area contributed by atoms with Crippen LogP contribution in [0.1, 0.15) is 11.1 Å². The highest BCUT2D eigenvalue weighted by Gasteiger charge is 2.09. The molecule has 0 unspecified atom stereocenters. The number of carbonyl (C=O) groups is 1. The van der Waals surface area contributed by atoms with E-state index in [2.05, 4.69) is 20.9 Å². The SMILES string of the molecule is O=C(Cl)/C=C/c1cc(Cl)c(OCc2cccnc2)c(Br)c1. The van der Waals surface area contributed by atoms with Crippen molar-refractivity contribution < 1.29 is 9.53 Å². The minimum Gasteiger partial charge on any atom is -0.486 e. The Bertz CT molecular complexity index is 652. The zero-order chi connectivity index (χ0) is 15.2. The quantitative estimate of drug-likeness (QED) is 0.544. The Morgan fingerprint density at radius 1 is 1.43 bits per heavy atom. The van der Waals surface area contributed by atoms with Crippen molar-refractivity contribution in [3.63, 3.8) is 0 Å². The summed E-state index contributed by atoms with van der Waals surface area (Å²) in [4.78, 5) is 14.7. The Labute approximate surface area is 140 Å². The monoisotopic (exact) mass is 385 g/mol. The van der Waals surface area contributed by atoms with E-state index >= 15 is 0 Å². The van der Waals surface area contributed by atoms with Gasteiger partial charge in [0.05, 0.1) is 9.50 Å². The number of nitrogens with zero attached hydrogens (tertiary/aromatic N) is 1. The molecule has 0 N–H and O–H groups in total. The van der Waals surface area contributed by atoms with Gasteiger partial charge in [-0.3, -0.25) is 9.78 Å². The van der Waals surface area contributed by atoms with E-state index in [9.17, 15) is 4.79 Å². The molecule has 2 rings (SSSR count). The molecule has 0 saturated heterocycles. The summed E-state index contributed by atoms with van der Waals surface area (Å²) >= 11 is 14.9. The zero-order valence-corrected chi connectivity index (χ0v) is 13.8. The number of hydrogen-bond acceptors (Lipinski definition) is 3. The fourth-order valence-electron chi connectivity index (χ4n) is 1.61. The van der Waals surface area contributed by atoms with Gasteiger partial charge in [-0.25, -0.2) is 0 Å². The summed E-state index contributed by atoms with van der Waals surface area (Å²) in [7, 11) is 0. The summed E-state index contributed by atoms with van der Waals surface area (Å²) in [5.74, 6) is 0.537. The normalized spacial score (nSPS) is 10.8. The lowest BCUT2D eigenvalue weighted by Crippen LogP contribution is -1.97. The minimum atomic E-state index is -0.542. The predicted octanol–water partition coefficient (Wildman–Crippen LogP) is 4.86. The van der Waals surface area contributed by atoms with Crippen LogP contribution in [-0.2, 0) is 11.4 Å². The molecular weight excluding hydrogens is 377 g/mol. The molecule has 0 fully saturated rings. The number of carbonyl (C=O) groups excluding carboxylic acids is 1. The number of hydrogen-bond donors (Lipinski definition) is 0. The van der Waals surface area contributed by atoms with Crippen LogP contribution in [0.5, 0.6) is 5.75 Å². The maximum absolute atomic E-state index is 10.7. The van der Waals surface area contributed by atoms with Gasteiger partial charge in [-0.1, -0.05) is 23.7 Å². The third-order valence-electron chi connectivity index (χ3n) is 2.53. The number of benzene rings is 1. The van der Waals surface area contributed by atoms with Crippen LogP contribution >= 0.6 is 39.1 Å². The summed E-state index contributed by atoms with van der Waals surface area (Å²) in [5.41, 5.74) is 1.69. The van der Waals surface area contributed by atoms with Crippen LogP contribution in [-0.4, -0.2) is 10.2 Å². The van der Waals surface area contributed by atoms with Gasteiger partial charge in [0.1, 0.15) is 6.61 Å². The number of allylic oxidation sites excluding steroid dienone is 1. The molecule has 0 saturated carbocycles.